The van der Waals surface area contributed by atoms with Gasteiger partial charge in [-0.05, 0) is 42.5 Å². The lowest BCUT2D eigenvalue weighted by Crippen LogP contribution is -2.21. The van der Waals surface area contributed by atoms with Crippen LogP contribution in [-0.2, 0) is 11.3 Å². The largest absolute Gasteiger partial charge is 0.375 e. The summed E-state index contributed by atoms with van der Waals surface area (Å²) in [6.07, 6.45) is 4.26. The van der Waals surface area contributed by atoms with Gasteiger partial charge < -0.3 is 9.04 Å². The first-order valence-electron chi connectivity index (χ1n) is 7.23. The van der Waals surface area contributed by atoms with Crippen LogP contribution in [0.15, 0.2) is 54.7 Å². The van der Waals surface area contributed by atoms with Crippen LogP contribution in [0.5, 0.6) is 0 Å². The summed E-state index contributed by atoms with van der Waals surface area (Å²) in [6, 6.07) is 16.3. The average Bonchev–Trinajstić information content (AvgIpc) is 3.29. The van der Waals surface area contributed by atoms with Crippen LogP contribution in [0.2, 0.25) is 0 Å². The summed E-state index contributed by atoms with van der Waals surface area (Å²) in [5.41, 5.74) is 1.23. The maximum atomic E-state index is 5.92. The molecule has 0 atom stereocenters. The zero-order valence-corrected chi connectivity index (χ0v) is 13.1. The minimum Gasteiger partial charge on any atom is -0.375 e. The Morgan fingerprint density at radius 1 is 1.14 bits per heavy atom. The molecule has 110 valence electrons. The summed E-state index contributed by atoms with van der Waals surface area (Å²) in [6.45, 7) is 1.49. The van der Waals surface area contributed by atoms with Crippen LogP contribution in [0.1, 0.15) is 18.4 Å². The molecule has 1 fully saturated rings. The lowest BCUT2D eigenvalue weighted by molar-refractivity contribution is 0.118. The van der Waals surface area contributed by atoms with Crippen molar-refractivity contribution < 1.29 is 4.74 Å². The molecule has 0 saturated heterocycles. The number of hydrogen-bond donors (Lipinski definition) is 0. The Labute approximate surface area is 130 Å². The zero-order chi connectivity index (χ0) is 14.5. The summed E-state index contributed by atoms with van der Waals surface area (Å²) in [5, 5.41) is 0. The SMILES string of the molecule is CN(SC1(COCc2ccccc2)CC1)c1ccccn1. The predicted octanol–water partition coefficient (Wildman–Crippen LogP) is 3.92. The van der Waals surface area contributed by atoms with E-state index in [9.17, 15) is 0 Å². The third-order valence-corrected chi connectivity index (χ3v) is 4.96. The summed E-state index contributed by atoms with van der Waals surface area (Å²) >= 11 is 1.85. The van der Waals surface area contributed by atoms with Gasteiger partial charge in [-0.1, -0.05) is 36.4 Å². The van der Waals surface area contributed by atoms with E-state index in [0.717, 1.165) is 12.4 Å². The third-order valence-electron chi connectivity index (χ3n) is 3.59. The number of ether oxygens (including phenoxy) is 1. The smallest absolute Gasteiger partial charge is 0.138 e. The fourth-order valence-electron chi connectivity index (χ4n) is 2.21. The topological polar surface area (TPSA) is 25.4 Å². The molecule has 0 amide bonds. The van der Waals surface area contributed by atoms with Crippen molar-refractivity contribution in [2.24, 2.45) is 0 Å². The van der Waals surface area contributed by atoms with Gasteiger partial charge in [0, 0.05) is 13.2 Å². The van der Waals surface area contributed by atoms with Crippen LogP contribution >= 0.6 is 11.9 Å². The normalized spacial score (nSPS) is 15.7. The first-order valence-corrected chi connectivity index (χ1v) is 8.00. The number of pyridine rings is 1. The Morgan fingerprint density at radius 3 is 2.57 bits per heavy atom. The molecule has 0 unspecified atom stereocenters. The third kappa shape index (κ3) is 3.99. The van der Waals surface area contributed by atoms with E-state index >= 15 is 0 Å². The van der Waals surface area contributed by atoms with Gasteiger partial charge in [0.25, 0.3) is 0 Å². The van der Waals surface area contributed by atoms with Crippen molar-refractivity contribution in [2.45, 2.75) is 24.2 Å². The van der Waals surface area contributed by atoms with Gasteiger partial charge in [-0.15, -0.1) is 0 Å². The molecule has 0 radical (unpaired) electrons. The second kappa shape index (κ2) is 6.50. The number of anilines is 1. The highest BCUT2D eigenvalue weighted by atomic mass is 32.2. The zero-order valence-electron chi connectivity index (χ0n) is 12.2. The molecule has 4 heteroatoms. The molecule has 3 rings (SSSR count). The van der Waals surface area contributed by atoms with Crippen LogP contribution in [-0.4, -0.2) is 23.4 Å². The van der Waals surface area contributed by atoms with Crippen LogP contribution in [0.25, 0.3) is 0 Å². The number of nitrogens with zero attached hydrogens (tertiary/aromatic N) is 2. The molecule has 21 heavy (non-hydrogen) atoms. The lowest BCUT2D eigenvalue weighted by Gasteiger charge is -2.23. The fourth-order valence-corrected chi connectivity index (χ4v) is 3.41. The standard InChI is InChI=1S/C17H20N2OS/c1-19(16-9-5-6-12-18-16)21-17(10-11-17)14-20-13-15-7-3-2-4-8-15/h2-9,12H,10-11,13-14H2,1H3. The van der Waals surface area contributed by atoms with Crippen molar-refractivity contribution in [3.63, 3.8) is 0 Å². The van der Waals surface area contributed by atoms with Crippen molar-refractivity contribution in [1.82, 2.24) is 4.98 Å². The van der Waals surface area contributed by atoms with Gasteiger partial charge in [0.2, 0.25) is 0 Å². The molecule has 3 nitrogen and oxygen atoms in total. The van der Waals surface area contributed by atoms with Crippen molar-refractivity contribution >= 4 is 17.8 Å². The maximum absolute atomic E-state index is 5.92. The minimum atomic E-state index is 0.237. The highest BCUT2D eigenvalue weighted by Crippen LogP contribution is 2.50. The van der Waals surface area contributed by atoms with Gasteiger partial charge in [-0.25, -0.2) is 4.98 Å². The van der Waals surface area contributed by atoms with E-state index in [1.165, 1.54) is 18.4 Å². The first-order chi connectivity index (χ1) is 10.3. The Hall–Kier alpha value is -1.52. The van der Waals surface area contributed by atoms with Crippen LogP contribution in [0.3, 0.4) is 0 Å². The van der Waals surface area contributed by atoms with Crippen molar-refractivity contribution in [3.05, 3.63) is 60.3 Å². The Kier molecular flexibility index (Phi) is 4.46. The second-order valence-corrected chi connectivity index (χ2v) is 7.03. The molecule has 1 aromatic carbocycles. The number of aromatic nitrogens is 1. The van der Waals surface area contributed by atoms with E-state index < -0.39 is 0 Å². The average molecular weight is 300 g/mol. The molecule has 0 aliphatic heterocycles. The lowest BCUT2D eigenvalue weighted by atomic mass is 10.2. The molecule has 0 N–H and O–H groups in total. The number of hydrogen-bond acceptors (Lipinski definition) is 4. The molecule has 0 bridgehead atoms. The van der Waals surface area contributed by atoms with Gasteiger partial charge >= 0.3 is 0 Å². The van der Waals surface area contributed by atoms with Gasteiger partial charge in [-0.3, -0.25) is 0 Å². The quantitative estimate of drug-likeness (QED) is 0.724. The maximum Gasteiger partial charge on any atom is 0.138 e. The highest BCUT2D eigenvalue weighted by Gasteiger charge is 2.45. The van der Waals surface area contributed by atoms with Gasteiger partial charge in [0.1, 0.15) is 5.82 Å². The number of rotatable bonds is 7. The predicted molar refractivity (Wildman–Crippen MR) is 88.3 cm³/mol. The highest BCUT2D eigenvalue weighted by molar-refractivity contribution is 8.02. The molecule has 1 heterocycles. The summed E-state index contributed by atoms with van der Waals surface area (Å²) in [7, 11) is 2.07. The monoisotopic (exact) mass is 300 g/mol. The summed E-state index contributed by atoms with van der Waals surface area (Å²) in [5.74, 6) is 0.997. The van der Waals surface area contributed by atoms with Crippen LogP contribution < -0.4 is 4.31 Å². The van der Waals surface area contributed by atoms with E-state index in [-0.39, 0.29) is 4.75 Å². The van der Waals surface area contributed by atoms with E-state index in [2.05, 4.69) is 40.6 Å². The van der Waals surface area contributed by atoms with Crippen LogP contribution in [0.4, 0.5) is 5.82 Å². The Balaban J connectivity index is 1.49. The van der Waals surface area contributed by atoms with Crippen molar-refractivity contribution in [2.75, 3.05) is 18.0 Å². The van der Waals surface area contributed by atoms with E-state index in [0.29, 0.717) is 6.61 Å². The van der Waals surface area contributed by atoms with E-state index in [1.807, 2.05) is 42.4 Å². The molecule has 1 aliphatic carbocycles. The number of benzene rings is 1. The minimum absolute atomic E-state index is 0.237. The Morgan fingerprint density at radius 2 is 1.90 bits per heavy atom. The molecule has 0 spiro atoms. The summed E-state index contributed by atoms with van der Waals surface area (Å²) < 4.78 is 8.30. The molecular weight excluding hydrogens is 280 g/mol. The van der Waals surface area contributed by atoms with Crippen molar-refractivity contribution in [3.8, 4) is 0 Å². The van der Waals surface area contributed by atoms with Crippen LogP contribution in [0, 0.1) is 0 Å². The van der Waals surface area contributed by atoms with Gasteiger partial charge in [0.15, 0.2) is 0 Å². The first kappa shape index (κ1) is 14.4. The Bertz CT molecular complexity index is 558. The van der Waals surface area contributed by atoms with E-state index in [1.54, 1.807) is 0 Å². The summed E-state index contributed by atoms with van der Waals surface area (Å²) in [4.78, 5) is 4.38. The molecule has 1 aliphatic rings. The molecule has 1 aromatic heterocycles. The molecule has 2 aromatic rings. The van der Waals surface area contributed by atoms with Gasteiger partial charge in [0.05, 0.1) is 18.0 Å². The van der Waals surface area contributed by atoms with E-state index in [4.69, 9.17) is 4.74 Å². The van der Waals surface area contributed by atoms with Crippen molar-refractivity contribution in [1.29, 1.82) is 0 Å². The molecule has 1 saturated carbocycles. The molecular formula is C17H20N2OS. The second-order valence-electron chi connectivity index (χ2n) is 5.44. The van der Waals surface area contributed by atoms with Gasteiger partial charge in [-0.2, -0.15) is 0 Å². The fraction of sp³-hybridized carbons (Fsp3) is 0.353.